The second-order valence-corrected chi connectivity index (χ2v) is 4.44. The van der Waals surface area contributed by atoms with Gasteiger partial charge in [-0.05, 0) is 12.8 Å². The van der Waals surface area contributed by atoms with E-state index in [4.69, 9.17) is 9.84 Å². The second kappa shape index (κ2) is 4.72. The van der Waals surface area contributed by atoms with E-state index in [1.165, 1.54) is 11.3 Å². The summed E-state index contributed by atoms with van der Waals surface area (Å²) in [5, 5.41) is 13.1. The smallest absolute Gasteiger partial charge is 0.183 e. The predicted molar refractivity (Wildman–Crippen MR) is 55.5 cm³/mol. The maximum Gasteiger partial charge on any atom is 0.183 e. The highest BCUT2D eigenvalue weighted by Gasteiger charge is 2.14. The third kappa shape index (κ3) is 2.43. The molecule has 14 heavy (non-hydrogen) atoms. The molecule has 1 aromatic rings. The topological polar surface area (TPSA) is 54.4 Å². The Balaban J connectivity index is 1.89. The van der Waals surface area contributed by atoms with E-state index in [1.54, 1.807) is 6.20 Å². The molecule has 0 bridgehead atoms. The van der Waals surface area contributed by atoms with Gasteiger partial charge in [0.1, 0.15) is 0 Å². The van der Waals surface area contributed by atoms with Crippen molar-refractivity contribution < 1.29 is 9.84 Å². The lowest BCUT2D eigenvalue weighted by molar-refractivity contribution is 0.0904. The molecule has 4 nitrogen and oxygen atoms in total. The van der Waals surface area contributed by atoms with Crippen molar-refractivity contribution in [2.45, 2.75) is 25.5 Å². The fraction of sp³-hybridized carbons (Fsp3) is 0.667. The van der Waals surface area contributed by atoms with Crippen molar-refractivity contribution in [1.29, 1.82) is 0 Å². The van der Waals surface area contributed by atoms with Gasteiger partial charge in [0.05, 0.1) is 11.5 Å². The molecule has 0 aromatic carbocycles. The first-order valence-corrected chi connectivity index (χ1v) is 5.60. The SMILES string of the molecule is OCc1cnc(NC2CCOCC2)s1. The molecular formula is C9H14N2O2S. The number of ether oxygens (including phenoxy) is 1. The first-order chi connectivity index (χ1) is 6.88. The first-order valence-electron chi connectivity index (χ1n) is 4.78. The van der Waals surface area contributed by atoms with E-state index in [2.05, 4.69) is 10.3 Å². The molecule has 0 radical (unpaired) electrons. The van der Waals surface area contributed by atoms with Gasteiger partial charge in [0.2, 0.25) is 0 Å². The summed E-state index contributed by atoms with van der Waals surface area (Å²) in [6.45, 7) is 1.74. The highest BCUT2D eigenvalue weighted by molar-refractivity contribution is 7.15. The third-order valence-corrected chi connectivity index (χ3v) is 3.17. The molecule has 0 unspecified atom stereocenters. The summed E-state index contributed by atoms with van der Waals surface area (Å²) in [5.41, 5.74) is 0. The summed E-state index contributed by atoms with van der Waals surface area (Å²) >= 11 is 1.51. The lowest BCUT2D eigenvalue weighted by atomic mass is 10.1. The van der Waals surface area contributed by atoms with Crippen LogP contribution < -0.4 is 5.32 Å². The Labute approximate surface area is 86.9 Å². The number of thiazole rings is 1. The summed E-state index contributed by atoms with van der Waals surface area (Å²) in [4.78, 5) is 5.09. The zero-order chi connectivity index (χ0) is 9.80. The van der Waals surface area contributed by atoms with E-state index in [1.807, 2.05) is 0 Å². The minimum absolute atomic E-state index is 0.0765. The van der Waals surface area contributed by atoms with Crippen LogP contribution in [0.5, 0.6) is 0 Å². The van der Waals surface area contributed by atoms with Crippen molar-refractivity contribution in [1.82, 2.24) is 4.98 Å². The van der Waals surface area contributed by atoms with Gasteiger partial charge in [-0.15, -0.1) is 0 Å². The monoisotopic (exact) mass is 214 g/mol. The van der Waals surface area contributed by atoms with Gasteiger partial charge in [0.15, 0.2) is 5.13 Å². The number of aliphatic hydroxyl groups excluding tert-OH is 1. The summed E-state index contributed by atoms with van der Waals surface area (Å²) in [7, 11) is 0. The van der Waals surface area contributed by atoms with Crippen molar-refractivity contribution in [2.24, 2.45) is 0 Å². The number of nitrogens with one attached hydrogen (secondary N) is 1. The third-order valence-electron chi connectivity index (χ3n) is 2.26. The Morgan fingerprint density at radius 3 is 3.00 bits per heavy atom. The average molecular weight is 214 g/mol. The van der Waals surface area contributed by atoms with Crippen LogP contribution in [0.3, 0.4) is 0 Å². The molecule has 0 spiro atoms. The average Bonchev–Trinajstić information content (AvgIpc) is 2.67. The van der Waals surface area contributed by atoms with Gasteiger partial charge in [-0.25, -0.2) is 4.98 Å². The van der Waals surface area contributed by atoms with Gasteiger partial charge in [0, 0.05) is 25.5 Å². The number of hydrogen-bond acceptors (Lipinski definition) is 5. The normalized spacial score (nSPS) is 18.4. The highest BCUT2D eigenvalue weighted by Crippen LogP contribution is 2.21. The molecule has 1 aromatic heterocycles. The molecule has 0 saturated carbocycles. The lowest BCUT2D eigenvalue weighted by Gasteiger charge is -2.22. The lowest BCUT2D eigenvalue weighted by Crippen LogP contribution is -2.27. The Morgan fingerprint density at radius 1 is 1.57 bits per heavy atom. The minimum atomic E-state index is 0.0765. The molecule has 0 aliphatic carbocycles. The van der Waals surface area contributed by atoms with Gasteiger partial charge in [-0.2, -0.15) is 0 Å². The van der Waals surface area contributed by atoms with Crippen molar-refractivity contribution in [2.75, 3.05) is 18.5 Å². The maximum absolute atomic E-state index is 8.88. The Bertz CT molecular complexity index is 284. The molecule has 0 amide bonds. The van der Waals surface area contributed by atoms with E-state index >= 15 is 0 Å². The second-order valence-electron chi connectivity index (χ2n) is 3.32. The van der Waals surface area contributed by atoms with Crippen LogP contribution in [0.2, 0.25) is 0 Å². The van der Waals surface area contributed by atoms with Crippen LogP contribution in [0.4, 0.5) is 5.13 Å². The number of aliphatic hydroxyl groups is 1. The number of aromatic nitrogens is 1. The van der Waals surface area contributed by atoms with Crippen LogP contribution in [-0.2, 0) is 11.3 Å². The number of hydrogen-bond donors (Lipinski definition) is 2. The molecule has 5 heteroatoms. The van der Waals surface area contributed by atoms with E-state index < -0.39 is 0 Å². The number of anilines is 1. The fourth-order valence-corrected chi connectivity index (χ4v) is 2.21. The maximum atomic E-state index is 8.88. The Morgan fingerprint density at radius 2 is 2.36 bits per heavy atom. The molecule has 2 rings (SSSR count). The summed E-state index contributed by atoms with van der Waals surface area (Å²) in [5.74, 6) is 0. The van der Waals surface area contributed by atoms with E-state index in [0.717, 1.165) is 36.1 Å². The van der Waals surface area contributed by atoms with Gasteiger partial charge >= 0.3 is 0 Å². The van der Waals surface area contributed by atoms with E-state index in [-0.39, 0.29) is 6.61 Å². The largest absolute Gasteiger partial charge is 0.391 e. The van der Waals surface area contributed by atoms with Gasteiger partial charge in [0.25, 0.3) is 0 Å². The predicted octanol–water partition coefficient (Wildman–Crippen LogP) is 1.23. The van der Waals surface area contributed by atoms with Crippen molar-refractivity contribution in [3.8, 4) is 0 Å². The molecule has 1 fully saturated rings. The number of nitrogens with zero attached hydrogens (tertiary/aromatic N) is 1. The molecule has 1 saturated heterocycles. The van der Waals surface area contributed by atoms with Gasteiger partial charge in [-0.3, -0.25) is 0 Å². The molecule has 2 heterocycles. The molecule has 78 valence electrons. The molecule has 0 atom stereocenters. The van der Waals surface area contributed by atoms with Crippen molar-refractivity contribution in [3.63, 3.8) is 0 Å². The molecule has 1 aliphatic heterocycles. The van der Waals surface area contributed by atoms with Crippen molar-refractivity contribution in [3.05, 3.63) is 11.1 Å². The Kier molecular flexibility index (Phi) is 3.34. The van der Waals surface area contributed by atoms with Crippen LogP contribution >= 0.6 is 11.3 Å². The molecule has 1 aliphatic rings. The van der Waals surface area contributed by atoms with Crippen LogP contribution in [-0.4, -0.2) is 29.3 Å². The van der Waals surface area contributed by atoms with Crippen LogP contribution in [0.25, 0.3) is 0 Å². The first kappa shape index (κ1) is 9.89. The van der Waals surface area contributed by atoms with E-state index in [9.17, 15) is 0 Å². The van der Waals surface area contributed by atoms with Crippen LogP contribution in [0.15, 0.2) is 6.20 Å². The highest BCUT2D eigenvalue weighted by atomic mass is 32.1. The summed E-state index contributed by atoms with van der Waals surface area (Å²) in [6.07, 6.45) is 3.79. The minimum Gasteiger partial charge on any atom is -0.391 e. The Hall–Kier alpha value is -0.650. The van der Waals surface area contributed by atoms with Gasteiger partial charge in [-0.1, -0.05) is 11.3 Å². The zero-order valence-corrected chi connectivity index (χ0v) is 8.72. The standard InChI is InChI=1S/C9H14N2O2S/c12-6-8-5-10-9(14-8)11-7-1-3-13-4-2-7/h5,7,12H,1-4,6H2,(H,10,11). The summed E-state index contributed by atoms with van der Waals surface area (Å²) in [6, 6.07) is 0.474. The quantitative estimate of drug-likeness (QED) is 0.794. The van der Waals surface area contributed by atoms with Crippen molar-refractivity contribution >= 4 is 16.5 Å². The number of rotatable bonds is 3. The van der Waals surface area contributed by atoms with Crippen LogP contribution in [0.1, 0.15) is 17.7 Å². The van der Waals surface area contributed by atoms with E-state index in [0.29, 0.717) is 6.04 Å². The van der Waals surface area contributed by atoms with Crippen LogP contribution in [0, 0.1) is 0 Å². The van der Waals surface area contributed by atoms with Gasteiger partial charge < -0.3 is 15.2 Å². The zero-order valence-electron chi connectivity index (χ0n) is 7.90. The summed E-state index contributed by atoms with van der Waals surface area (Å²) < 4.78 is 5.27. The fourth-order valence-electron chi connectivity index (χ4n) is 1.46. The molecule has 2 N–H and O–H groups in total. The molecular weight excluding hydrogens is 200 g/mol.